The molecule has 3 rings (SSSR count). The number of nitrogens with zero attached hydrogens (tertiary/aromatic N) is 1. The number of thiophene rings is 1. The molecule has 0 bridgehead atoms. The van der Waals surface area contributed by atoms with E-state index in [1.54, 1.807) is 17.4 Å². The molecule has 1 aromatic heterocycles. The van der Waals surface area contributed by atoms with Crippen LogP contribution in [0, 0.1) is 5.92 Å². The van der Waals surface area contributed by atoms with Gasteiger partial charge in [0.15, 0.2) is 0 Å². The van der Waals surface area contributed by atoms with E-state index in [4.69, 9.17) is 0 Å². The summed E-state index contributed by atoms with van der Waals surface area (Å²) in [5.74, 6) is 0.533. The number of benzene rings is 1. The maximum atomic E-state index is 12.3. The minimum Gasteiger partial charge on any atom is -0.350 e. The van der Waals surface area contributed by atoms with Crippen LogP contribution in [0.3, 0.4) is 0 Å². The van der Waals surface area contributed by atoms with Crippen LogP contribution in [0.15, 0.2) is 46.9 Å². The molecule has 2 heterocycles. The third kappa shape index (κ3) is 6.54. The molecule has 6 heteroatoms. The highest BCUT2D eigenvalue weighted by atomic mass is 79.9. The van der Waals surface area contributed by atoms with E-state index in [0.29, 0.717) is 12.3 Å². The van der Waals surface area contributed by atoms with Crippen molar-refractivity contribution >= 4 is 45.2 Å². The molecule has 4 nitrogen and oxygen atoms in total. The number of amides is 2. The lowest BCUT2D eigenvalue weighted by Crippen LogP contribution is -2.46. The molecule has 0 spiro atoms. The van der Waals surface area contributed by atoms with Crippen LogP contribution in [-0.2, 0) is 9.59 Å². The van der Waals surface area contributed by atoms with Crippen LogP contribution in [0.4, 0.5) is 0 Å². The van der Waals surface area contributed by atoms with E-state index in [9.17, 15) is 9.59 Å². The first-order valence-corrected chi connectivity index (χ1v) is 11.6. The summed E-state index contributed by atoms with van der Waals surface area (Å²) in [4.78, 5) is 28.6. The van der Waals surface area contributed by atoms with Crippen molar-refractivity contribution < 1.29 is 9.59 Å². The highest BCUT2D eigenvalue weighted by Gasteiger charge is 2.23. The number of hydrogen-bond donors (Lipinski definition) is 1. The summed E-state index contributed by atoms with van der Waals surface area (Å²) < 4.78 is 1.06. The van der Waals surface area contributed by atoms with E-state index in [2.05, 4.69) is 53.3 Å². The van der Waals surface area contributed by atoms with Crippen LogP contribution in [0.25, 0.3) is 16.5 Å². The van der Waals surface area contributed by atoms with Gasteiger partial charge in [0.1, 0.15) is 0 Å². The molecule has 0 unspecified atom stereocenters. The Morgan fingerprint density at radius 1 is 1.17 bits per heavy atom. The predicted octanol–water partition coefficient (Wildman–Crippen LogP) is 5.34. The lowest BCUT2D eigenvalue weighted by Gasteiger charge is -2.32. The summed E-state index contributed by atoms with van der Waals surface area (Å²) in [5, 5.41) is 3.07. The highest BCUT2D eigenvalue weighted by molar-refractivity contribution is 9.10. The molecule has 29 heavy (non-hydrogen) atoms. The fraction of sp³-hybridized carbons (Fsp3) is 0.391. The van der Waals surface area contributed by atoms with Gasteiger partial charge in [-0.15, -0.1) is 11.3 Å². The summed E-state index contributed by atoms with van der Waals surface area (Å²) in [6, 6.07) is 12.5. The fourth-order valence-corrected chi connectivity index (χ4v) is 4.55. The SMILES string of the molecule is CC(C)CC(=O)N1CCC(NC(=O)/C=C/c2ccc(-c3ccc(Br)cc3)s2)CC1. The van der Waals surface area contributed by atoms with Gasteiger partial charge >= 0.3 is 0 Å². The van der Waals surface area contributed by atoms with E-state index in [1.807, 2.05) is 29.2 Å². The predicted molar refractivity (Wildman–Crippen MR) is 124 cm³/mol. The minimum atomic E-state index is -0.0736. The smallest absolute Gasteiger partial charge is 0.244 e. The molecule has 0 aliphatic carbocycles. The first-order chi connectivity index (χ1) is 13.9. The summed E-state index contributed by atoms with van der Waals surface area (Å²) in [5.41, 5.74) is 1.17. The van der Waals surface area contributed by atoms with Gasteiger partial charge in [-0.3, -0.25) is 9.59 Å². The van der Waals surface area contributed by atoms with Crippen molar-refractivity contribution in [3.05, 3.63) is 51.8 Å². The summed E-state index contributed by atoms with van der Waals surface area (Å²) >= 11 is 5.11. The third-order valence-corrected chi connectivity index (χ3v) is 6.56. The number of nitrogens with one attached hydrogen (secondary N) is 1. The van der Waals surface area contributed by atoms with Crippen molar-refractivity contribution in [3.8, 4) is 10.4 Å². The number of likely N-dealkylation sites (tertiary alicyclic amines) is 1. The second kappa shape index (κ2) is 10.2. The largest absolute Gasteiger partial charge is 0.350 e. The quantitative estimate of drug-likeness (QED) is 0.573. The minimum absolute atomic E-state index is 0.0736. The highest BCUT2D eigenvalue weighted by Crippen LogP contribution is 2.29. The molecule has 1 aliphatic rings. The van der Waals surface area contributed by atoms with E-state index in [-0.39, 0.29) is 17.9 Å². The Kier molecular flexibility index (Phi) is 7.67. The Morgan fingerprint density at radius 2 is 1.86 bits per heavy atom. The Morgan fingerprint density at radius 3 is 2.52 bits per heavy atom. The van der Waals surface area contributed by atoms with Gasteiger partial charge < -0.3 is 10.2 Å². The molecular weight excluding hydrogens is 448 g/mol. The van der Waals surface area contributed by atoms with Crippen molar-refractivity contribution in [2.75, 3.05) is 13.1 Å². The Hall–Kier alpha value is -1.92. The van der Waals surface area contributed by atoms with Gasteiger partial charge in [-0.2, -0.15) is 0 Å². The molecule has 154 valence electrons. The average molecular weight is 475 g/mol. The number of hydrogen-bond acceptors (Lipinski definition) is 3. The normalized spacial score (nSPS) is 15.2. The molecule has 1 aliphatic heterocycles. The fourth-order valence-electron chi connectivity index (χ4n) is 3.37. The average Bonchev–Trinajstić information content (AvgIpc) is 3.16. The molecule has 1 N–H and O–H groups in total. The zero-order chi connectivity index (χ0) is 20.8. The Balaban J connectivity index is 1.47. The van der Waals surface area contributed by atoms with Crippen LogP contribution in [0.5, 0.6) is 0 Å². The van der Waals surface area contributed by atoms with Crippen LogP contribution in [0.1, 0.15) is 38.0 Å². The van der Waals surface area contributed by atoms with Crippen molar-refractivity contribution in [1.82, 2.24) is 10.2 Å². The lowest BCUT2D eigenvalue weighted by molar-refractivity contribution is -0.133. The molecule has 2 amide bonds. The molecule has 0 radical (unpaired) electrons. The van der Waals surface area contributed by atoms with Gasteiger partial charge in [-0.1, -0.05) is 41.9 Å². The third-order valence-electron chi connectivity index (χ3n) is 4.93. The van der Waals surface area contributed by atoms with Crippen LogP contribution >= 0.6 is 27.3 Å². The maximum Gasteiger partial charge on any atom is 0.244 e. The van der Waals surface area contributed by atoms with Gasteiger partial charge in [-0.25, -0.2) is 0 Å². The zero-order valence-corrected chi connectivity index (χ0v) is 19.3. The van der Waals surface area contributed by atoms with Crippen molar-refractivity contribution in [3.63, 3.8) is 0 Å². The summed E-state index contributed by atoms with van der Waals surface area (Å²) in [6.07, 6.45) is 5.70. The molecular formula is C23H27BrN2O2S. The van der Waals surface area contributed by atoms with E-state index >= 15 is 0 Å². The Labute approximate surface area is 185 Å². The number of carbonyl (C=O) groups is 2. The van der Waals surface area contributed by atoms with Crippen molar-refractivity contribution in [1.29, 1.82) is 0 Å². The lowest BCUT2D eigenvalue weighted by atomic mass is 10.0. The number of piperidine rings is 1. The van der Waals surface area contributed by atoms with Crippen LogP contribution in [-0.4, -0.2) is 35.8 Å². The monoisotopic (exact) mass is 474 g/mol. The molecule has 0 saturated carbocycles. The van der Waals surface area contributed by atoms with Gasteiger partial charge in [0.05, 0.1) is 0 Å². The Bertz CT molecular complexity index is 865. The summed E-state index contributed by atoms with van der Waals surface area (Å²) in [6.45, 7) is 5.57. The second-order valence-corrected chi connectivity index (χ2v) is 9.83. The number of halogens is 1. The summed E-state index contributed by atoms with van der Waals surface area (Å²) in [7, 11) is 0. The van der Waals surface area contributed by atoms with Crippen LogP contribution in [0.2, 0.25) is 0 Å². The van der Waals surface area contributed by atoms with Crippen molar-refractivity contribution in [2.24, 2.45) is 5.92 Å². The topological polar surface area (TPSA) is 49.4 Å². The van der Waals surface area contributed by atoms with Gasteiger partial charge in [0.2, 0.25) is 11.8 Å². The molecule has 0 atom stereocenters. The van der Waals surface area contributed by atoms with E-state index in [1.165, 1.54) is 10.4 Å². The van der Waals surface area contributed by atoms with Gasteiger partial charge in [0.25, 0.3) is 0 Å². The van der Waals surface area contributed by atoms with Crippen molar-refractivity contribution in [2.45, 2.75) is 39.2 Å². The van der Waals surface area contributed by atoms with E-state index < -0.39 is 0 Å². The maximum absolute atomic E-state index is 12.3. The first-order valence-electron chi connectivity index (χ1n) is 10.0. The first kappa shape index (κ1) is 21.8. The van der Waals surface area contributed by atoms with Crippen LogP contribution < -0.4 is 5.32 Å². The van der Waals surface area contributed by atoms with Gasteiger partial charge in [0, 0.05) is 45.9 Å². The molecule has 1 aromatic carbocycles. The molecule has 2 aromatic rings. The standard InChI is InChI=1S/C23H27BrN2O2S/c1-16(2)15-23(28)26-13-11-19(12-14-26)25-22(27)10-8-20-7-9-21(29-20)17-3-5-18(24)6-4-17/h3-10,16,19H,11-15H2,1-2H3,(H,25,27)/b10-8+. The van der Waals surface area contributed by atoms with E-state index in [0.717, 1.165) is 35.3 Å². The zero-order valence-electron chi connectivity index (χ0n) is 16.9. The molecule has 1 saturated heterocycles. The van der Waals surface area contributed by atoms with Gasteiger partial charge in [-0.05, 0) is 54.7 Å². The second-order valence-electron chi connectivity index (χ2n) is 7.80. The number of carbonyl (C=O) groups excluding carboxylic acids is 2. The number of rotatable bonds is 6. The molecule has 1 fully saturated rings.